The van der Waals surface area contributed by atoms with Gasteiger partial charge in [-0.05, 0) is 62.0 Å². The van der Waals surface area contributed by atoms with E-state index in [0.29, 0.717) is 11.5 Å². The molecule has 0 saturated carbocycles. The van der Waals surface area contributed by atoms with Crippen molar-refractivity contribution in [1.82, 2.24) is 15.4 Å². The van der Waals surface area contributed by atoms with E-state index in [9.17, 15) is 0 Å². The molecule has 0 aliphatic carbocycles. The molecule has 0 amide bonds. The SMILES string of the molecule is CCN(CC)c1ccc(/C=C/C(=N/NC(N)=S)c2nc3ccccc3[nH]2)cc1. The Bertz CT molecular complexity index is 966. The maximum atomic E-state index is 5.53. The molecule has 4 N–H and O–H groups in total. The molecule has 1 heterocycles. The Labute approximate surface area is 170 Å². The van der Waals surface area contributed by atoms with Gasteiger partial charge >= 0.3 is 0 Å². The molecule has 3 aromatic rings. The number of H-pyrrole nitrogens is 1. The maximum Gasteiger partial charge on any atom is 0.184 e. The molecule has 3 rings (SSSR count). The number of thiocarbonyl (C=S) groups is 1. The van der Waals surface area contributed by atoms with Crippen molar-refractivity contribution >= 4 is 45.8 Å². The van der Waals surface area contributed by atoms with Crippen LogP contribution >= 0.6 is 12.2 Å². The molecule has 6 nitrogen and oxygen atoms in total. The summed E-state index contributed by atoms with van der Waals surface area (Å²) in [5.41, 5.74) is 12.9. The topological polar surface area (TPSA) is 82.3 Å². The molecule has 0 aliphatic rings. The van der Waals surface area contributed by atoms with Crippen molar-refractivity contribution in [2.24, 2.45) is 10.8 Å². The minimum atomic E-state index is 0.102. The van der Waals surface area contributed by atoms with Gasteiger partial charge < -0.3 is 15.6 Å². The monoisotopic (exact) mass is 392 g/mol. The first-order valence-corrected chi connectivity index (χ1v) is 9.63. The van der Waals surface area contributed by atoms with Crippen molar-refractivity contribution in [3.05, 3.63) is 66.0 Å². The first kappa shape index (κ1) is 19.6. The quantitative estimate of drug-likeness (QED) is 0.325. The lowest BCUT2D eigenvalue weighted by molar-refractivity contribution is 0.866. The summed E-state index contributed by atoms with van der Waals surface area (Å²) < 4.78 is 0. The van der Waals surface area contributed by atoms with Crippen LogP contribution in [0.15, 0.2) is 59.7 Å². The highest BCUT2D eigenvalue weighted by Gasteiger charge is 2.08. The van der Waals surface area contributed by atoms with Crippen LogP contribution in [0, 0.1) is 0 Å². The second kappa shape index (κ2) is 9.14. The molecule has 144 valence electrons. The van der Waals surface area contributed by atoms with Gasteiger partial charge in [-0.2, -0.15) is 5.10 Å². The fourth-order valence-electron chi connectivity index (χ4n) is 2.92. The van der Waals surface area contributed by atoms with E-state index >= 15 is 0 Å². The molecule has 0 radical (unpaired) electrons. The first-order chi connectivity index (χ1) is 13.6. The molecule has 0 saturated heterocycles. The largest absolute Gasteiger partial charge is 0.375 e. The van der Waals surface area contributed by atoms with Gasteiger partial charge in [0.1, 0.15) is 5.71 Å². The van der Waals surface area contributed by atoms with Crippen LogP contribution < -0.4 is 16.1 Å². The van der Waals surface area contributed by atoms with E-state index in [0.717, 1.165) is 29.7 Å². The van der Waals surface area contributed by atoms with Crippen molar-refractivity contribution in [1.29, 1.82) is 0 Å². The summed E-state index contributed by atoms with van der Waals surface area (Å²) in [6.45, 7) is 6.28. The summed E-state index contributed by atoms with van der Waals surface area (Å²) in [6.07, 6.45) is 3.87. The second-order valence-electron chi connectivity index (χ2n) is 6.17. The number of hydrogen-bond donors (Lipinski definition) is 3. The van der Waals surface area contributed by atoms with Gasteiger partial charge in [0.05, 0.1) is 11.0 Å². The highest BCUT2D eigenvalue weighted by Crippen LogP contribution is 2.16. The molecular weight excluding hydrogens is 368 g/mol. The Hall–Kier alpha value is -3.19. The molecule has 1 aromatic heterocycles. The molecule has 0 atom stereocenters. The van der Waals surface area contributed by atoms with Gasteiger partial charge in [-0.1, -0.05) is 30.3 Å². The number of rotatable bonds is 7. The number of aromatic nitrogens is 2. The average Bonchev–Trinajstić information content (AvgIpc) is 3.13. The number of imidazole rings is 1. The predicted molar refractivity (Wildman–Crippen MR) is 122 cm³/mol. The lowest BCUT2D eigenvalue weighted by Crippen LogP contribution is -2.25. The number of anilines is 1. The normalized spacial score (nSPS) is 11.9. The Morgan fingerprint density at radius 1 is 1.18 bits per heavy atom. The molecular formula is C21H24N6S. The number of aromatic amines is 1. The van der Waals surface area contributed by atoms with Crippen LogP contribution in [-0.2, 0) is 0 Å². The van der Waals surface area contributed by atoms with Gasteiger partial charge in [-0.3, -0.25) is 5.43 Å². The van der Waals surface area contributed by atoms with Crippen LogP contribution in [-0.4, -0.2) is 33.9 Å². The number of allylic oxidation sites excluding steroid dienone is 1. The molecule has 0 bridgehead atoms. The third-order valence-electron chi connectivity index (χ3n) is 4.37. The lowest BCUT2D eigenvalue weighted by atomic mass is 10.1. The van der Waals surface area contributed by atoms with E-state index in [-0.39, 0.29) is 5.11 Å². The average molecular weight is 393 g/mol. The summed E-state index contributed by atoms with van der Waals surface area (Å²) >= 11 is 4.87. The van der Waals surface area contributed by atoms with E-state index in [1.807, 2.05) is 36.4 Å². The number of nitrogens with one attached hydrogen (secondary N) is 2. The van der Waals surface area contributed by atoms with E-state index in [1.54, 1.807) is 0 Å². The van der Waals surface area contributed by atoms with E-state index in [4.69, 9.17) is 18.0 Å². The van der Waals surface area contributed by atoms with Gasteiger partial charge in [0, 0.05) is 18.8 Å². The van der Waals surface area contributed by atoms with Gasteiger partial charge in [-0.15, -0.1) is 0 Å². The fourth-order valence-corrected chi connectivity index (χ4v) is 2.96. The Balaban J connectivity index is 1.87. The first-order valence-electron chi connectivity index (χ1n) is 9.22. The molecule has 0 unspecified atom stereocenters. The van der Waals surface area contributed by atoms with E-state index < -0.39 is 0 Å². The summed E-state index contributed by atoms with van der Waals surface area (Å²) in [5.74, 6) is 0.640. The van der Waals surface area contributed by atoms with Crippen molar-refractivity contribution in [2.75, 3.05) is 18.0 Å². The third kappa shape index (κ3) is 4.75. The van der Waals surface area contributed by atoms with E-state index in [1.165, 1.54) is 5.69 Å². The van der Waals surface area contributed by atoms with Crippen molar-refractivity contribution in [3.8, 4) is 0 Å². The van der Waals surface area contributed by atoms with Crippen LogP contribution in [0.2, 0.25) is 0 Å². The summed E-state index contributed by atoms with van der Waals surface area (Å²) in [4.78, 5) is 10.2. The summed E-state index contributed by atoms with van der Waals surface area (Å²) in [6, 6.07) is 16.2. The van der Waals surface area contributed by atoms with Gasteiger partial charge in [0.15, 0.2) is 10.9 Å². The van der Waals surface area contributed by atoms with Crippen LogP contribution in [0.1, 0.15) is 25.2 Å². The van der Waals surface area contributed by atoms with Gasteiger partial charge in [0.2, 0.25) is 0 Å². The van der Waals surface area contributed by atoms with Crippen LogP contribution in [0.25, 0.3) is 17.1 Å². The third-order valence-corrected chi connectivity index (χ3v) is 4.47. The number of nitrogens with zero attached hydrogens (tertiary/aromatic N) is 3. The predicted octanol–water partition coefficient (Wildman–Crippen LogP) is 3.66. The number of hydrogen-bond acceptors (Lipinski definition) is 4. The summed E-state index contributed by atoms with van der Waals surface area (Å²) in [7, 11) is 0. The number of nitrogens with two attached hydrogens (primary N) is 1. The number of hydrazone groups is 1. The van der Waals surface area contributed by atoms with Crippen LogP contribution in [0.4, 0.5) is 5.69 Å². The molecule has 2 aromatic carbocycles. The zero-order valence-electron chi connectivity index (χ0n) is 16.0. The molecule has 0 fully saturated rings. The molecule has 7 heteroatoms. The highest BCUT2D eigenvalue weighted by atomic mass is 32.1. The molecule has 0 aliphatic heterocycles. The van der Waals surface area contributed by atoms with Gasteiger partial charge in [0.25, 0.3) is 0 Å². The minimum absolute atomic E-state index is 0.102. The second-order valence-corrected chi connectivity index (χ2v) is 6.61. The smallest absolute Gasteiger partial charge is 0.184 e. The van der Waals surface area contributed by atoms with Crippen molar-refractivity contribution in [2.45, 2.75) is 13.8 Å². The Morgan fingerprint density at radius 3 is 2.54 bits per heavy atom. The minimum Gasteiger partial charge on any atom is -0.375 e. The Morgan fingerprint density at radius 2 is 1.89 bits per heavy atom. The van der Waals surface area contributed by atoms with Gasteiger partial charge in [-0.25, -0.2) is 4.98 Å². The zero-order valence-corrected chi connectivity index (χ0v) is 16.8. The Kier molecular flexibility index (Phi) is 6.39. The lowest BCUT2D eigenvalue weighted by Gasteiger charge is -2.20. The van der Waals surface area contributed by atoms with Crippen LogP contribution in [0.5, 0.6) is 0 Å². The van der Waals surface area contributed by atoms with E-state index in [2.05, 4.69) is 63.5 Å². The molecule has 28 heavy (non-hydrogen) atoms. The standard InChI is InChI=1S/C21H24N6S/c1-3-27(4-2)16-12-9-15(10-13-16)11-14-19(25-26-21(22)28)20-23-17-7-5-6-8-18(17)24-20/h5-14H,3-4H2,1-2H3,(H,23,24)(H3,22,26,28)/b14-11+,25-19-. The fraction of sp³-hybridized carbons (Fsp3) is 0.190. The van der Waals surface area contributed by atoms with Crippen molar-refractivity contribution in [3.63, 3.8) is 0 Å². The number of benzene rings is 2. The van der Waals surface area contributed by atoms with Crippen LogP contribution in [0.3, 0.4) is 0 Å². The maximum absolute atomic E-state index is 5.53. The summed E-state index contributed by atoms with van der Waals surface area (Å²) in [5, 5.41) is 4.39. The van der Waals surface area contributed by atoms with Crippen molar-refractivity contribution < 1.29 is 0 Å². The number of para-hydroxylation sites is 2. The molecule has 0 spiro atoms. The number of fused-ring (bicyclic) bond motifs is 1. The highest BCUT2D eigenvalue weighted by molar-refractivity contribution is 7.80. The zero-order chi connectivity index (χ0) is 19.9.